The summed E-state index contributed by atoms with van der Waals surface area (Å²) in [5, 5.41) is 0.640. The molecule has 0 aliphatic carbocycles. The number of hydrogen-bond donors (Lipinski definition) is 0. The lowest BCUT2D eigenvalue weighted by molar-refractivity contribution is 1.11. The Morgan fingerprint density at radius 1 is 1.21 bits per heavy atom. The number of allylic oxidation sites excluding steroid dienone is 1. The van der Waals surface area contributed by atoms with Crippen molar-refractivity contribution >= 4 is 17.8 Å². The molecule has 0 amide bonds. The second-order valence-electron chi connectivity index (χ2n) is 3.93. The smallest absolute Gasteiger partial charge is 0.0147 e. The van der Waals surface area contributed by atoms with Crippen LogP contribution in [0, 0.1) is 0 Å². The van der Waals surface area contributed by atoms with Crippen molar-refractivity contribution in [2.45, 2.75) is 37.8 Å². The molecule has 76 valence electrons. The van der Waals surface area contributed by atoms with Crippen molar-refractivity contribution in [1.82, 2.24) is 0 Å². The average molecular weight is 206 g/mol. The fraction of sp³-hybridized carbons (Fsp3) is 0.385. The quantitative estimate of drug-likeness (QED) is 0.651. The molecule has 1 rings (SSSR count). The van der Waals surface area contributed by atoms with Gasteiger partial charge >= 0.3 is 0 Å². The van der Waals surface area contributed by atoms with Crippen molar-refractivity contribution < 1.29 is 0 Å². The van der Waals surface area contributed by atoms with Crippen molar-refractivity contribution in [2.75, 3.05) is 0 Å². The van der Waals surface area contributed by atoms with Crippen LogP contribution in [0.1, 0.15) is 33.3 Å². The molecule has 0 saturated heterocycles. The van der Waals surface area contributed by atoms with Gasteiger partial charge < -0.3 is 0 Å². The van der Waals surface area contributed by atoms with Gasteiger partial charge in [0.1, 0.15) is 0 Å². The summed E-state index contributed by atoms with van der Waals surface area (Å²) in [5.74, 6) is 0. The first-order chi connectivity index (χ1) is 6.59. The molecule has 1 aromatic rings. The zero-order valence-electron chi connectivity index (χ0n) is 9.37. The highest BCUT2D eigenvalue weighted by Gasteiger charge is 2.01. The fourth-order valence-electron chi connectivity index (χ4n) is 1.27. The van der Waals surface area contributed by atoms with Gasteiger partial charge in [0.15, 0.2) is 0 Å². The van der Waals surface area contributed by atoms with Crippen LogP contribution in [-0.4, -0.2) is 5.25 Å². The van der Waals surface area contributed by atoms with Crippen molar-refractivity contribution in [2.24, 2.45) is 0 Å². The third kappa shape index (κ3) is 3.59. The van der Waals surface area contributed by atoms with E-state index in [1.54, 1.807) is 0 Å². The van der Waals surface area contributed by atoms with Crippen LogP contribution in [0.5, 0.6) is 0 Å². The molecule has 0 heterocycles. The summed E-state index contributed by atoms with van der Waals surface area (Å²) in [6, 6.07) is 8.57. The van der Waals surface area contributed by atoms with Gasteiger partial charge in [-0.05, 0) is 25.5 Å². The minimum atomic E-state index is 0.640. The highest BCUT2D eigenvalue weighted by molar-refractivity contribution is 8.00. The van der Waals surface area contributed by atoms with Crippen molar-refractivity contribution in [3.63, 3.8) is 0 Å². The first-order valence-electron chi connectivity index (χ1n) is 5.00. The van der Waals surface area contributed by atoms with Gasteiger partial charge in [-0.2, -0.15) is 0 Å². The van der Waals surface area contributed by atoms with E-state index in [1.807, 2.05) is 11.8 Å². The topological polar surface area (TPSA) is 0 Å². The molecule has 0 spiro atoms. The molecule has 1 heteroatoms. The Labute approximate surface area is 91.4 Å². The van der Waals surface area contributed by atoms with Crippen LogP contribution in [0.4, 0.5) is 0 Å². The molecule has 0 bridgehead atoms. The predicted molar refractivity (Wildman–Crippen MR) is 66.8 cm³/mol. The van der Waals surface area contributed by atoms with E-state index in [0.717, 1.165) is 0 Å². The molecule has 0 nitrogen and oxygen atoms in total. The summed E-state index contributed by atoms with van der Waals surface area (Å²) in [6.45, 7) is 8.72. The SMILES string of the molecule is CC(C)=Cc1ccccc1SC(C)C. The zero-order valence-corrected chi connectivity index (χ0v) is 10.2. The third-order valence-electron chi connectivity index (χ3n) is 1.73. The maximum atomic E-state index is 2.24. The lowest BCUT2D eigenvalue weighted by Crippen LogP contribution is -1.88. The Morgan fingerprint density at radius 2 is 1.86 bits per heavy atom. The van der Waals surface area contributed by atoms with Gasteiger partial charge in [-0.15, -0.1) is 11.8 Å². The minimum Gasteiger partial charge on any atom is -0.123 e. The molecule has 0 radical (unpaired) electrons. The molecular formula is C13H18S. The summed E-state index contributed by atoms with van der Waals surface area (Å²) in [5.41, 5.74) is 2.69. The summed E-state index contributed by atoms with van der Waals surface area (Å²) >= 11 is 1.92. The molecule has 0 N–H and O–H groups in total. The molecule has 0 atom stereocenters. The molecule has 0 saturated carbocycles. The van der Waals surface area contributed by atoms with Crippen molar-refractivity contribution in [1.29, 1.82) is 0 Å². The molecular weight excluding hydrogens is 188 g/mol. The molecule has 1 aromatic carbocycles. The summed E-state index contributed by atoms with van der Waals surface area (Å²) < 4.78 is 0. The Bertz CT molecular complexity index is 320. The van der Waals surface area contributed by atoms with Gasteiger partial charge in [-0.1, -0.05) is 43.7 Å². The monoisotopic (exact) mass is 206 g/mol. The summed E-state index contributed by atoms with van der Waals surface area (Å²) in [7, 11) is 0. The zero-order chi connectivity index (χ0) is 10.6. The Kier molecular flexibility index (Phi) is 4.27. The van der Waals surface area contributed by atoms with Crippen LogP contribution in [0.15, 0.2) is 34.7 Å². The summed E-state index contributed by atoms with van der Waals surface area (Å²) in [4.78, 5) is 1.38. The molecule has 0 aromatic heterocycles. The van der Waals surface area contributed by atoms with E-state index < -0.39 is 0 Å². The van der Waals surface area contributed by atoms with Crippen LogP contribution < -0.4 is 0 Å². The van der Waals surface area contributed by atoms with E-state index in [4.69, 9.17) is 0 Å². The van der Waals surface area contributed by atoms with E-state index in [1.165, 1.54) is 16.0 Å². The van der Waals surface area contributed by atoms with Gasteiger partial charge in [0.25, 0.3) is 0 Å². The fourth-order valence-corrected chi connectivity index (χ4v) is 2.20. The Hall–Kier alpha value is -0.690. The van der Waals surface area contributed by atoms with Crippen LogP contribution in [-0.2, 0) is 0 Å². The van der Waals surface area contributed by atoms with E-state index in [-0.39, 0.29) is 0 Å². The predicted octanol–water partition coefficient (Wildman–Crippen LogP) is 4.61. The van der Waals surface area contributed by atoms with Crippen LogP contribution in [0.2, 0.25) is 0 Å². The van der Waals surface area contributed by atoms with Crippen LogP contribution >= 0.6 is 11.8 Å². The van der Waals surface area contributed by atoms with Gasteiger partial charge in [-0.25, -0.2) is 0 Å². The van der Waals surface area contributed by atoms with Crippen LogP contribution in [0.25, 0.3) is 6.08 Å². The highest BCUT2D eigenvalue weighted by atomic mass is 32.2. The normalized spacial score (nSPS) is 10.4. The third-order valence-corrected chi connectivity index (χ3v) is 2.82. The molecule has 0 aliphatic rings. The maximum absolute atomic E-state index is 2.24. The molecule has 14 heavy (non-hydrogen) atoms. The molecule has 0 fully saturated rings. The Balaban J connectivity index is 2.97. The van der Waals surface area contributed by atoms with Crippen LogP contribution in [0.3, 0.4) is 0 Å². The first-order valence-corrected chi connectivity index (χ1v) is 5.88. The maximum Gasteiger partial charge on any atom is 0.0147 e. The number of rotatable bonds is 3. The second-order valence-corrected chi connectivity index (χ2v) is 5.54. The molecule has 0 unspecified atom stereocenters. The lowest BCUT2D eigenvalue weighted by atomic mass is 10.1. The number of benzene rings is 1. The summed E-state index contributed by atoms with van der Waals surface area (Å²) in [6.07, 6.45) is 2.24. The molecule has 0 aliphatic heterocycles. The van der Waals surface area contributed by atoms with Gasteiger partial charge in [-0.3, -0.25) is 0 Å². The van der Waals surface area contributed by atoms with Crippen molar-refractivity contribution in [3.8, 4) is 0 Å². The van der Waals surface area contributed by atoms with Gasteiger partial charge in [0.05, 0.1) is 0 Å². The van der Waals surface area contributed by atoms with Crippen molar-refractivity contribution in [3.05, 3.63) is 35.4 Å². The number of thioether (sulfide) groups is 1. The second kappa shape index (κ2) is 5.26. The number of hydrogen-bond acceptors (Lipinski definition) is 1. The highest BCUT2D eigenvalue weighted by Crippen LogP contribution is 2.27. The average Bonchev–Trinajstić information content (AvgIpc) is 2.06. The van der Waals surface area contributed by atoms with E-state index in [0.29, 0.717) is 5.25 Å². The lowest BCUT2D eigenvalue weighted by Gasteiger charge is -2.08. The Morgan fingerprint density at radius 3 is 2.43 bits per heavy atom. The van der Waals surface area contributed by atoms with E-state index in [2.05, 4.69) is 58.0 Å². The standard InChI is InChI=1S/C13H18S/c1-10(2)9-12-7-5-6-8-13(12)14-11(3)4/h5-9,11H,1-4H3. The van der Waals surface area contributed by atoms with E-state index in [9.17, 15) is 0 Å². The largest absolute Gasteiger partial charge is 0.123 e. The van der Waals surface area contributed by atoms with E-state index >= 15 is 0 Å². The minimum absolute atomic E-state index is 0.640. The van der Waals surface area contributed by atoms with Gasteiger partial charge in [0, 0.05) is 10.1 Å². The van der Waals surface area contributed by atoms with Gasteiger partial charge in [0.2, 0.25) is 0 Å². The first kappa shape index (κ1) is 11.4.